The van der Waals surface area contributed by atoms with Crippen LogP contribution in [-0.2, 0) is 4.74 Å². The molecule has 0 atom stereocenters. The van der Waals surface area contributed by atoms with Gasteiger partial charge in [0.1, 0.15) is 5.65 Å². The first-order valence-electron chi connectivity index (χ1n) is 4.83. The van der Waals surface area contributed by atoms with Crippen LogP contribution in [0.1, 0.15) is 22.8 Å². The summed E-state index contributed by atoms with van der Waals surface area (Å²) in [6.07, 6.45) is 5.41. The van der Waals surface area contributed by atoms with Gasteiger partial charge in [-0.1, -0.05) is 0 Å². The van der Waals surface area contributed by atoms with Gasteiger partial charge in [0.2, 0.25) is 0 Å². The zero-order chi connectivity index (χ0) is 10.8. The number of fused-ring (bicyclic) bond motifs is 1. The van der Waals surface area contributed by atoms with E-state index in [2.05, 4.69) is 4.98 Å². The van der Waals surface area contributed by atoms with E-state index < -0.39 is 0 Å². The van der Waals surface area contributed by atoms with Crippen molar-refractivity contribution in [2.75, 3.05) is 6.61 Å². The summed E-state index contributed by atoms with van der Waals surface area (Å²) in [5.74, 6) is -0.291. The van der Waals surface area contributed by atoms with E-state index in [1.54, 1.807) is 19.2 Å². The number of hydrogen-bond donors (Lipinski definition) is 0. The lowest BCUT2D eigenvalue weighted by Crippen LogP contribution is -2.07. The molecule has 0 aliphatic rings. The highest BCUT2D eigenvalue weighted by molar-refractivity contribution is 5.92. The Balaban J connectivity index is 2.50. The fourth-order valence-corrected chi connectivity index (χ4v) is 1.50. The maximum absolute atomic E-state index is 11.6. The summed E-state index contributed by atoms with van der Waals surface area (Å²) in [6.45, 7) is 4.06. The number of hydrogen-bond acceptors (Lipinski definition) is 3. The Bertz CT molecular complexity index is 502. The van der Waals surface area contributed by atoms with Crippen molar-refractivity contribution < 1.29 is 9.53 Å². The minimum absolute atomic E-state index is 0.291. The van der Waals surface area contributed by atoms with E-state index in [0.717, 1.165) is 11.2 Å². The summed E-state index contributed by atoms with van der Waals surface area (Å²) in [5, 5.41) is 0. The van der Waals surface area contributed by atoms with Gasteiger partial charge < -0.3 is 9.14 Å². The molecule has 0 N–H and O–H groups in total. The molecule has 0 spiro atoms. The van der Waals surface area contributed by atoms with E-state index in [1.807, 2.05) is 23.7 Å². The molecule has 0 aromatic carbocycles. The van der Waals surface area contributed by atoms with Crippen LogP contribution in [0.5, 0.6) is 0 Å². The third-order valence-corrected chi connectivity index (χ3v) is 2.22. The quantitative estimate of drug-likeness (QED) is 0.701. The minimum Gasteiger partial charge on any atom is -0.462 e. The van der Waals surface area contributed by atoms with E-state index in [9.17, 15) is 4.79 Å². The number of pyridine rings is 1. The maximum atomic E-state index is 11.6. The number of nitrogens with zero attached hydrogens (tertiary/aromatic N) is 2. The van der Waals surface area contributed by atoms with Crippen molar-refractivity contribution in [2.24, 2.45) is 0 Å². The Hall–Kier alpha value is -1.84. The molecule has 0 saturated carbocycles. The average Bonchev–Trinajstić information content (AvgIpc) is 2.63. The second kappa shape index (κ2) is 3.73. The van der Waals surface area contributed by atoms with Gasteiger partial charge in [0.15, 0.2) is 0 Å². The molecule has 0 saturated heterocycles. The van der Waals surface area contributed by atoms with Gasteiger partial charge in [-0.25, -0.2) is 9.78 Å². The number of esters is 1. The fraction of sp³-hybridized carbons (Fsp3) is 0.273. The second-order valence-electron chi connectivity index (χ2n) is 3.28. The molecule has 0 amide bonds. The molecule has 2 rings (SSSR count). The molecular weight excluding hydrogens is 192 g/mol. The van der Waals surface area contributed by atoms with Gasteiger partial charge in [-0.3, -0.25) is 0 Å². The number of ether oxygens (including phenoxy) is 1. The van der Waals surface area contributed by atoms with Gasteiger partial charge in [0.25, 0.3) is 0 Å². The first-order chi connectivity index (χ1) is 7.22. The number of carbonyl (C=O) groups excluding carboxylic acids is 1. The van der Waals surface area contributed by atoms with Crippen molar-refractivity contribution in [3.8, 4) is 0 Å². The predicted molar refractivity (Wildman–Crippen MR) is 55.9 cm³/mol. The van der Waals surface area contributed by atoms with Crippen molar-refractivity contribution >= 4 is 11.6 Å². The van der Waals surface area contributed by atoms with Gasteiger partial charge in [-0.15, -0.1) is 0 Å². The van der Waals surface area contributed by atoms with Gasteiger partial charge in [0.05, 0.1) is 12.2 Å². The van der Waals surface area contributed by atoms with Gasteiger partial charge in [-0.05, 0) is 25.5 Å². The largest absolute Gasteiger partial charge is 0.462 e. The summed E-state index contributed by atoms with van der Waals surface area (Å²) < 4.78 is 6.83. The fourth-order valence-electron chi connectivity index (χ4n) is 1.50. The lowest BCUT2D eigenvalue weighted by atomic mass is 10.1. The van der Waals surface area contributed by atoms with E-state index >= 15 is 0 Å². The highest BCUT2D eigenvalue weighted by Gasteiger charge is 2.11. The first kappa shape index (κ1) is 9.71. The van der Waals surface area contributed by atoms with Crippen molar-refractivity contribution in [2.45, 2.75) is 13.8 Å². The molecule has 2 heterocycles. The maximum Gasteiger partial charge on any atom is 0.338 e. The standard InChI is InChI=1S/C11H12N2O2/c1-3-15-11(14)9-6-10-12-4-5-13(10)7-8(9)2/h4-7H,3H2,1-2H3. The van der Waals surface area contributed by atoms with Crippen LogP contribution in [0.15, 0.2) is 24.7 Å². The molecule has 4 nitrogen and oxygen atoms in total. The molecule has 0 aliphatic heterocycles. The first-order valence-corrected chi connectivity index (χ1v) is 4.83. The number of aryl methyl sites for hydroxylation is 1. The molecule has 2 aromatic rings. The topological polar surface area (TPSA) is 43.6 Å². The normalized spacial score (nSPS) is 10.5. The van der Waals surface area contributed by atoms with E-state index in [-0.39, 0.29) is 5.97 Å². The Morgan fingerprint density at radius 1 is 1.60 bits per heavy atom. The molecule has 0 fully saturated rings. The SMILES string of the molecule is CCOC(=O)c1cc2nccn2cc1C. The summed E-state index contributed by atoms with van der Waals surface area (Å²) in [6, 6.07) is 1.74. The van der Waals surface area contributed by atoms with Crippen molar-refractivity contribution in [3.63, 3.8) is 0 Å². The van der Waals surface area contributed by atoms with Gasteiger partial charge in [0, 0.05) is 18.6 Å². The molecule has 0 aliphatic carbocycles. The predicted octanol–water partition coefficient (Wildman–Crippen LogP) is 1.82. The molecule has 15 heavy (non-hydrogen) atoms. The van der Waals surface area contributed by atoms with Crippen LogP contribution in [-0.4, -0.2) is 22.0 Å². The Morgan fingerprint density at radius 2 is 2.40 bits per heavy atom. The average molecular weight is 204 g/mol. The van der Waals surface area contributed by atoms with Gasteiger partial charge >= 0.3 is 5.97 Å². The Labute approximate surface area is 87.5 Å². The van der Waals surface area contributed by atoms with Crippen LogP contribution in [0.3, 0.4) is 0 Å². The van der Waals surface area contributed by atoms with Crippen LogP contribution in [0.2, 0.25) is 0 Å². The third kappa shape index (κ3) is 1.70. The molecular formula is C11H12N2O2. The van der Waals surface area contributed by atoms with Crippen LogP contribution >= 0.6 is 0 Å². The third-order valence-electron chi connectivity index (χ3n) is 2.22. The zero-order valence-electron chi connectivity index (χ0n) is 8.73. The Kier molecular flexibility index (Phi) is 2.41. The van der Waals surface area contributed by atoms with Crippen molar-refractivity contribution in [3.05, 3.63) is 35.8 Å². The number of imidazole rings is 1. The second-order valence-corrected chi connectivity index (χ2v) is 3.28. The summed E-state index contributed by atoms with van der Waals surface area (Å²) >= 11 is 0. The van der Waals surface area contributed by atoms with Crippen molar-refractivity contribution in [1.29, 1.82) is 0 Å². The van der Waals surface area contributed by atoms with Crippen molar-refractivity contribution in [1.82, 2.24) is 9.38 Å². The summed E-state index contributed by atoms with van der Waals surface area (Å²) in [5.41, 5.74) is 2.22. The van der Waals surface area contributed by atoms with E-state index in [0.29, 0.717) is 12.2 Å². The lowest BCUT2D eigenvalue weighted by molar-refractivity contribution is 0.0525. The highest BCUT2D eigenvalue weighted by Crippen LogP contribution is 2.12. The molecule has 0 radical (unpaired) electrons. The molecule has 78 valence electrons. The Morgan fingerprint density at radius 3 is 3.13 bits per heavy atom. The molecule has 0 unspecified atom stereocenters. The van der Waals surface area contributed by atoms with Crippen LogP contribution in [0, 0.1) is 6.92 Å². The van der Waals surface area contributed by atoms with Crippen LogP contribution < -0.4 is 0 Å². The minimum atomic E-state index is -0.291. The van der Waals surface area contributed by atoms with E-state index in [4.69, 9.17) is 4.74 Å². The molecule has 4 heteroatoms. The number of carbonyl (C=O) groups is 1. The smallest absolute Gasteiger partial charge is 0.338 e. The number of rotatable bonds is 2. The summed E-state index contributed by atoms with van der Waals surface area (Å²) in [4.78, 5) is 15.7. The summed E-state index contributed by atoms with van der Waals surface area (Å²) in [7, 11) is 0. The highest BCUT2D eigenvalue weighted by atomic mass is 16.5. The van der Waals surface area contributed by atoms with Crippen LogP contribution in [0.4, 0.5) is 0 Å². The van der Waals surface area contributed by atoms with E-state index in [1.165, 1.54) is 0 Å². The lowest BCUT2D eigenvalue weighted by Gasteiger charge is -2.05. The van der Waals surface area contributed by atoms with Crippen LogP contribution in [0.25, 0.3) is 5.65 Å². The number of aromatic nitrogens is 2. The monoisotopic (exact) mass is 204 g/mol. The molecule has 0 bridgehead atoms. The van der Waals surface area contributed by atoms with Gasteiger partial charge in [-0.2, -0.15) is 0 Å². The molecule has 2 aromatic heterocycles. The zero-order valence-corrected chi connectivity index (χ0v) is 8.73.